The van der Waals surface area contributed by atoms with Crippen LogP contribution < -0.4 is 4.90 Å². The minimum atomic E-state index is -0.378. The molecule has 2 aromatic carbocycles. The number of amides is 3. The predicted octanol–water partition coefficient (Wildman–Crippen LogP) is 3.77. The van der Waals surface area contributed by atoms with Crippen LogP contribution in [0.25, 0.3) is 0 Å². The molecule has 0 radical (unpaired) electrons. The lowest BCUT2D eigenvalue weighted by Gasteiger charge is -2.27. The molecule has 0 spiro atoms. The van der Waals surface area contributed by atoms with Gasteiger partial charge in [-0.15, -0.1) is 0 Å². The monoisotopic (exact) mass is 368 g/mol. The Balaban J connectivity index is 1.64. The van der Waals surface area contributed by atoms with Gasteiger partial charge in [0.25, 0.3) is 17.7 Å². The van der Waals surface area contributed by atoms with Gasteiger partial charge < -0.3 is 4.90 Å². The molecular formula is C20H17ClN2O3. The quantitative estimate of drug-likeness (QED) is 0.758. The van der Waals surface area contributed by atoms with Gasteiger partial charge in [0.05, 0.1) is 27.4 Å². The Labute approximate surface area is 156 Å². The summed E-state index contributed by atoms with van der Waals surface area (Å²) in [6, 6.07) is 11.4. The molecule has 1 saturated heterocycles. The number of carbonyl (C=O) groups is 3. The van der Waals surface area contributed by atoms with Gasteiger partial charge in [-0.05, 0) is 49.6 Å². The van der Waals surface area contributed by atoms with Crippen molar-refractivity contribution in [2.24, 2.45) is 0 Å². The maximum atomic E-state index is 12.7. The van der Waals surface area contributed by atoms with E-state index in [0.717, 1.165) is 37.3 Å². The number of rotatable bonds is 2. The number of piperidine rings is 1. The van der Waals surface area contributed by atoms with Crippen LogP contribution in [-0.2, 0) is 0 Å². The largest absolute Gasteiger partial charge is 0.339 e. The fourth-order valence-corrected chi connectivity index (χ4v) is 3.76. The zero-order chi connectivity index (χ0) is 18.3. The first-order chi connectivity index (χ1) is 12.6. The van der Waals surface area contributed by atoms with Gasteiger partial charge in [0.1, 0.15) is 0 Å². The first-order valence-electron chi connectivity index (χ1n) is 8.64. The van der Waals surface area contributed by atoms with Gasteiger partial charge >= 0.3 is 0 Å². The standard InChI is InChI=1S/C20H17ClN2O3/c21-17-12-13(8-9-16(17)18(24)22-10-4-1-5-11-22)23-19(25)14-6-2-3-7-15(14)20(23)26/h2-3,6-9,12H,1,4-5,10-11H2. The molecule has 0 saturated carbocycles. The summed E-state index contributed by atoms with van der Waals surface area (Å²) in [5.41, 5.74) is 1.52. The Bertz CT molecular complexity index is 884. The van der Waals surface area contributed by atoms with E-state index in [1.807, 2.05) is 0 Å². The summed E-state index contributed by atoms with van der Waals surface area (Å²) in [5, 5.41) is 0.245. The number of halogens is 1. The second-order valence-corrected chi connectivity index (χ2v) is 6.92. The number of carbonyl (C=O) groups excluding carboxylic acids is 3. The van der Waals surface area contributed by atoms with Crippen molar-refractivity contribution in [3.63, 3.8) is 0 Å². The summed E-state index contributed by atoms with van der Waals surface area (Å²) < 4.78 is 0. The van der Waals surface area contributed by atoms with Gasteiger partial charge in [-0.3, -0.25) is 14.4 Å². The lowest BCUT2D eigenvalue weighted by Crippen LogP contribution is -2.35. The third kappa shape index (κ3) is 2.69. The molecule has 132 valence electrons. The SMILES string of the molecule is O=C(c1ccc(N2C(=O)c3ccccc3C2=O)cc1Cl)N1CCCCC1. The summed E-state index contributed by atoms with van der Waals surface area (Å²) in [6.45, 7) is 1.46. The van der Waals surface area contributed by atoms with E-state index in [-0.39, 0.29) is 22.7 Å². The van der Waals surface area contributed by atoms with Crippen LogP contribution in [0.1, 0.15) is 50.3 Å². The molecule has 0 bridgehead atoms. The van der Waals surface area contributed by atoms with Crippen molar-refractivity contribution in [3.8, 4) is 0 Å². The Morgan fingerprint density at radius 2 is 1.50 bits per heavy atom. The fraction of sp³-hybridized carbons (Fsp3) is 0.250. The summed E-state index contributed by atoms with van der Waals surface area (Å²) in [7, 11) is 0. The Morgan fingerprint density at radius 3 is 2.08 bits per heavy atom. The van der Waals surface area contributed by atoms with Crippen LogP contribution in [0.15, 0.2) is 42.5 Å². The number of nitrogens with zero attached hydrogens (tertiary/aromatic N) is 2. The third-order valence-corrected chi connectivity index (χ3v) is 5.19. The van der Waals surface area contributed by atoms with E-state index in [4.69, 9.17) is 11.6 Å². The van der Waals surface area contributed by atoms with E-state index in [1.54, 1.807) is 41.3 Å². The van der Waals surface area contributed by atoms with Crippen molar-refractivity contribution in [1.29, 1.82) is 0 Å². The van der Waals surface area contributed by atoms with Crippen LogP contribution in [-0.4, -0.2) is 35.7 Å². The molecule has 6 heteroatoms. The van der Waals surface area contributed by atoms with E-state index in [9.17, 15) is 14.4 Å². The molecule has 3 amide bonds. The molecule has 0 aliphatic carbocycles. The molecule has 0 atom stereocenters. The Hall–Kier alpha value is -2.66. The van der Waals surface area contributed by atoms with Crippen LogP contribution in [0.3, 0.4) is 0 Å². The van der Waals surface area contributed by atoms with Gasteiger partial charge in [-0.1, -0.05) is 23.7 Å². The van der Waals surface area contributed by atoms with Crippen LogP contribution >= 0.6 is 11.6 Å². The van der Waals surface area contributed by atoms with Crippen molar-refractivity contribution >= 4 is 35.0 Å². The van der Waals surface area contributed by atoms with Crippen LogP contribution in [0.2, 0.25) is 5.02 Å². The van der Waals surface area contributed by atoms with Crippen molar-refractivity contribution in [2.45, 2.75) is 19.3 Å². The Morgan fingerprint density at radius 1 is 0.885 bits per heavy atom. The van der Waals surface area contributed by atoms with E-state index in [0.29, 0.717) is 22.4 Å². The molecule has 26 heavy (non-hydrogen) atoms. The van der Waals surface area contributed by atoms with Crippen LogP contribution in [0, 0.1) is 0 Å². The number of anilines is 1. The van der Waals surface area contributed by atoms with Gasteiger partial charge in [-0.2, -0.15) is 0 Å². The molecule has 0 unspecified atom stereocenters. The highest BCUT2D eigenvalue weighted by molar-refractivity contribution is 6.36. The molecular weight excluding hydrogens is 352 g/mol. The van der Waals surface area contributed by atoms with Crippen LogP contribution in [0.4, 0.5) is 5.69 Å². The van der Waals surface area contributed by atoms with Crippen molar-refractivity contribution in [2.75, 3.05) is 18.0 Å². The lowest BCUT2D eigenvalue weighted by atomic mass is 10.1. The first kappa shape index (κ1) is 16.8. The predicted molar refractivity (Wildman–Crippen MR) is 98.8 cm³/mol. The van der Waals surface area contributed by atoms with Gasteiger partial charge in [0.2, 0.25) is 0 Å². The lowest BCUT2D eigenvalue weighted by molar-refractivity contribution is 0.0724. The summed E-state index contributed by atoms with van der Waals surface area (Å²) in [6.07, 6.45) is 3.13. The van der Waals surface area contributed by atoms with E-state index in [1.165, 1.54) is 6.07 Å². The second kappa shape index (κ2) is 6.57. The zero-order valence-corrected chi connectivity index (χ0v) is 14.8. The number of imide groups is 1. The molecule has 4 rings (SSSR count). The van der Waals surface area contributed by atoms with Crippen molar-refractivity contribution in [1.82, 2.24) is 4.90 Å². The highest BCUT2D eigenvalue weighted by Crippen LogP contribution is 2.31. The molecule has 0 N–H and O–H groups in total. The highest BCUT2D eigenvalue weighted by Gasteiger charge is 2.36. The maximum Gasteiger partial charge on any atom is 0.266 e. The highest BCUT2D eigenvalue weighted by atomic mass is 35.5. The molecule has 0 aromatic heterocycles. The maximum absolute atomic E-state index is 12.7. The topological polar surface area (TPSA) is 57.7 Å². The minimum absolute atomic E-state index is 0.108. The third-order valence-electron chi connectivity index (χ3n) is 4.88. The van der Waals surface area contributed by atoms with Crippen LogP contribution in [0.5, 0.6) is 0 Å². The summed E-state index contributed by atoms with van der Waals surface area (Å²) >= 11 is 6.33. The van der Waals surface area contributed by atoms with Crippen molar-refractivity contribution < 1.29 is 14.4 Å². The van der Waals surface area contributed by atoms with E-state index < -0.39 is 0 Å². The minimum Gasteiger partial charge on any atom is -0.339 e. The average molecular weight is 369 g/mol. The summed E-state index contributed by atoms with van der Waals surface area (Å²) in [4.78, 5) is 40.7. The first-order valence-corrected chi connectivity index (χ1v) is 9.02. The zero-order valence-electron chi connectivity index (χ0n) is 14.1. The number of benzene rings is 2. The van der Waals surface area contributed by atoms with Crippen molar-refractivity contribution in [3.05, 3.63) is 64.2 Å². The second-order valence-electron chi connectivity index (χ2n) is 6.51. The van der Waals surface area contributed by atoms with E-state index >= 15 is 0 Å². The Kier molecular flexibility index (Phi) is 4.24. The number of likely N-dealkylation sites (tertiary alicyclic amines) is 1. The molecule has 1 fully saturated rings. The van der Waals surface area contributed by atoms with E-state index in [2.05, 4.69) is 0 Å². The van der Waals surface area contributed by atoms with Gasteiger partial charge in [0, 0.05) is 13.1 Å². The molecule has 2 heterocycles. The number of hydrogen-bond acceptors (Lipinski definition) is 3. The molecule has 5 nitrogen and oxygen atoms in total. The number of fused-ring (bicyclic) bond motifs is 1. The average Bonchev–Trinajstić information content (AvgIpc) is 2.93. The molecule has 2 aliphatic rings. The number of hydrogen-bond donors (Lipinski definition) is 0. The fourth-order valence-electron chi connectivity index (χ4n) is 3.51. The molecule has 2 aromatic rings. The van der Waals surface area contributed by atoms with Gasteiger partial charge in [0.15, 0.2) is 0 Å². The normalized spacial score (nSPS) is 16.8. The summed E-state index contributed by atoms with van der Waals surface area (Å²) in [5.74, 6) is -0.864. The smallest absolute Gasteiger partial charge is 0.266 e. The molecule has 2 aliphatic heterocycles. The van der Waals surface area contributed by atoms with Gasteiger partial charge in [-0.25, -0.2) is 4.90 Å².